The summed E-state index contributed by atoms with van der Waals surface area (Å²) in [6, 6.07) is 13.0. The highest BCUT2D eigenvalue weighted by Crippen LogP contribution is 2.29. The van der Waals surface area contributed by atoms with Crippen molar-refractivity contribution in [1.29, 1.82) is 0 Å². The Labute approximate surface area is 196 Å². The molecule has 1 fully saturated rings. The summed E-state index contributed by atoms with van der Waals surface area (Å²) in [5, 5.41) is 2.93. The molecule has 0 aromatic heterocycles. The number of benzene rings is 2. The van der Waals surface area contributed by atoms with E-state index >= 15 is 0 Å². The molecule has 1 heterocycles. The number of ether oxygens (including phenoxy) is 3. The van der Waals surface area contributed by atoms with Crippen molar-refractivity contribution in [2.45, 2.75) is 46.3 Å². The number of piperidine rings is 1. The summed E-state index contributed by atoms with van der Waals surface area (Å²) in [5.74, 6) is 0.692. The van der Waals surface area contributed by atoms with Crippen LogP contribution in [0.3, 0.4) is 0 Å². The quantitative estimate of drug-likeness (QED) is 0.557. The molecule has 7 nitrogen and oxygen atoms in total. The van der Waals surface area contributed by atoms with Crippen LogP contribution in [0.15, 0.2) is 42.5 Å². The first kappa shape index (κ1) is 24.6. The van der Waals surface area contributed by atoms with Crippen molar-refractivity contribution in [3.8, 4) is 11.5 Å². The van der Waals surface area contributed by atoms with Crippen molar-refractivity contribution in [2.75, 3.05) is 32.9 Å². The maximum absolute atomic E-state index is 12.7. The topological polar surface area (TPSA) is 77.1 Å². The summed E-state index contributed by atoms with van der Waals surface area (Å²) >= 11 is 0. The van der Waals surface area contributed by atoms with Crippen LogP contribution in [0.5, 0.6) is 11.5 Å². The third kappa shape index (κ3) is 7.49. The van der Waals surface area contributed by atoms with Crippen LogP contribution in [0.25, 0.3) is 0 Å². The Bertz CT molecular complexity index is 907. The lowest BCUT2D eigenvalue weighted by atomic mass is 10.1. The molecule has 1 saturated heterocycles. The zero-order valence-electron chi connectivity index (χ0n) is 19.6. The SMILES string of the molecule is CCOCc1ccc(CNC(=O)c2ccc(OCC(=O)N3CCCCC3)c(OCC)c2)cc1. The minimum atomic E-state index is -0.203. The molecular formula is C26H34N2O5. The Morgan fingerprint density at radius 2 is 1.61 bits per heavy atom. The second kappa shape index (κ2) is 12.8. The van der Waals surface area contributed by atoms with Gasteiger partial charge in [-0.3, -0.25) is 9.59 Å². The second-order valence-corrected chi connectivity index (χ2v) is 7.96. The highest BCUT2D eigenvalue weighted by Gasteiger charge is 2.18. The molecule has 0 atom stereocenters. The number of nitrogens with zero attached hydrogens (tertiary/aromatic N) is 1. The number of amides is 2. The maximum atomic E-state index is 12.7. The first-order valence-electron chi connectivity index (χ1n) is 11.7. The molecule has 0 unspecified atom stereocenters. The van der Waals surface area contributed by atoms with Crippen LogP contribution in [0.4, 0.5) is 0 Å². The summed E-state index contributed by atoms with van der Waals surface area (Å²) in [6.07, 6.45) is 3.25. The normalized spacial score (nSPS) is 13.5. The number of rotatable bonds is 11. The van der Waals surface area contributed by atoms with Crippen molar-refractivity contribution in [3.05, 3.63) is 59.2 Å². The second-order valence-electron chi connectivity index (χ2n) is 7.96. The molecule has 0 aliphatic carbocycles. The zero-order chi connectivity index (χ0) is 23.5. The smallest absolute Gasteiger partial charge is 0.260 e. The van der Waals surface area contributed by atoms with Crippen molar-refractivity contribution in [2.24, 2.45) is 0 Å². The van der Waals surface area contributed by atoms with E-state index in [1.54, 1.807) is 18.2 Å². The van der Waals surface area contributed by atoms with E-state index in [-0.39, 0.29) is 18.4 Å². The Kier molecular flexibility index (Phi) is 9.57. The van der Waals surface area contributed by atoms with E-state index in [9.17, 15) is 9.59 Å². The molecule has 2 amide bonds. The van der Waals surface area contributed by atoms with Crippen molar-refractivity contribution < 1.29 is 23.8 Å². The van der Waals surface area contributed by atoms with Gasteiger partial charge in [-0.2, -0.15) is 0 Å². The third-order valence-electron chi connectivity index (χ3n) is 5.51. The molecule has 7 heteroatoms. The summed E-state index contributed by atoms with van der Waals surface area (Å²) in [6.45, 7) is 7.48. The largest absolute Gasteiger partial charge is 0.490 e. The van der Waals surface area contributed by atoms with Crippen molar-refractivity contribution >= 4 is 11.8 Å². The lowest BCUT2D eigenvalue weighted by Gasteiger charge is -2.26. The maximum Gasteiger partial charge on any atom is 0.260 e. The number of hydrogen-bond donors (Lipinski definition) is 1. The Balaban J connectivity index is 1.56. The fraction of sp³-hybridized carbons (Fsp3) is 0.462. The summed E-state index contributed by atoms with van der Waals surface area (Å²) in [7, 11) is 0. The number of carbonyl (C=O) groups excluding carboxylic acids is 2. The highest BCUT2D eigenvalue weighted by molar-refractivity contribution is 5.94. The van der Waals surface area contributed by atoms with Crippen LogP contribution >= 0.6 is 0 Å². The van der Waals surface area contributed by atoms with Gasteiger partial charge < -0.3 is 24.4 Å². The molecule has 178 valence electrons. The van der Waals surface area contributed by atoms with Crippen LogP contribution < -0.4 is 14.8 Å². The molecule has 0 spiro atoms. The third-order valence-corrected chi connectivity index (χ3v) is 5.51. The molecule has 0 saturated carbocycles. The molecule has 3 rings (SSSR count). The van der Waals surface area contributed by atoms with E-state index in [0.29, 0.717) is 43.4 Å². The van der Waals surface area contributed by atoms with E-state index in [4.69, 9.17) is 14.2 Å². The number of hydrogen-bond acceptors (Lipinski definition) is 5. The van der Waals surface area contributed by atoms with Crippen LogP contribution in [0, 0.1) is 0 Å². The van der Waals surface area contributed by atoms with E-state index < -0.39 is 0 Å². The lowest BCUT2D eigenvalue weighted by molar-refractivity contribution is -0.134. The molecule has 1 aliphatic rings. The van der Waals surface area contributed by atoms with Crippen LogP contribution in [-0.2, 0) is 22.7 Å². The van der Waals surface area contributed by atoms with Crippen LogP contribution in [-0.4, -0.2) is 49.6 Å². The van der Waals surface area contributed by atoms with Gasteiger partial charge in [-0.25, -0.2) is 0 Å². The van der Waals surface area contributed by atoms with Gasteiger partial charge in [0.25, 0.3) is 11.8 Å². The monoisotopic (exact) mass is 454 g/mol. The van der Waals surface area contributed by atoms with E-state index in [0.717, 1.165) is 37.1 Å². The minimum absolute atomic E-state index is 0.0220. The molecule has 33 heavy (non-hydrogen) atoms. The van der Waals surface area contributed by atoms with E-state index in [1.165, 1.54) is 6.42 Å². The molecule has 2 aromatic rings. The van der Waals surface area contributed by atoms with Gasteiger partial charge in [0.05, 0.1) is 13.2 Å². The number of likely N-dealkylation sites (tertiary alicyclic amines) is 1. The fourth-order valence-corrected chi connectivity index (χ4v) is 3.67. The standard InChI is InChI=1S/C26H34N2O5/c1-3-31-18-21-10-8-20(9-11-21)17-27-26(30)22-12-13-23(24(16-22)32-4-2)33-19-25(29)28-14-6-5-7-15-28/h8-13,16H,3-7,14-15,17-19H2,1-2H3,(H,27,30). The number of carbonyl (C=O) groups is 2. The molecule has 2 aromatic carbocycles. The molecule has 0 radical (unpaired) electrons. The summed E-state index contributed by atoms with van der Waals surface area (Å²) < 4.78 is 16.8. The summed E-state index contributed by atoms with van der Waals surface area (Å²) in [4.78, 5) is 26.9. The molecule has 1 aliphatic heterocycles. The highest BCUT2D eigenvalue weighted by atomic mass is 16.5. The van der Waals surface area contributed by atoms with Gasteiger partial charge in [0, 0.05) is 31.8 Å². The molecule has 0 bridgehead atoms. The van der Waals surface area contributed by atoms with Gasteiger partial charge in [0.2, 0.25) is 0 Å². The average molecular weight is 455 g/mol. The molecule has 1 N–H and O–H groups in total. The predicted octanol–water partition coefficient (Wildman–Crippen LogP) is 3.94. The van der Waals surface area contributed by atoms with Gasteiger partial charge in [-0.05, 0) is 62.4 Å². The van der Waals surface area contributed by atoms with Gasteiger partial charge in [-0.15, -0.1) is 0 Å². The Morgan fingerprint density at radius 3 is 2.30 bits per heavy atom. The van der Waals surface area contributed by atoms with Crippen LogP contribution in [0.2, 0.25) is 0 Å². The summed E-state index contributed by atoms with van der Waals surface area (Å²) in [5.41, 5.74) is 2.58. The van der Waals surface area contributed by atoms with E-state index in [2.05, 4.69) is 5.32 Å². The Hall–Kier alpha value is -3.06. The first-order chi connectivity index (χ1) is 16.1. The van der Waals surface area contributed by atoms with E-state index in [1.807, 2.05) is 43.0 Å². The van der Waals surface area contributed by atoms with Gasteiger partial charge in [0.1, 0.15) is 0 Å². The first-order valence-corrected chi connectivity index (χ1v) is 11.7. The minimum Gasteiger partial charge on any atom is -0.490 e. The Morgan fingerprint density at radius 1 is 0.879 bits per heavy atom. The zero-order valence-corrected chi connectivity index (χ0v) is 19.6. The van der Waals surface area contributed by atoms with Gasteiger partial charge in [-0.1, -0.05) is 24.3 Å². The fourth-order valence-electron chi connectivity index (χ4n) is 3.67. The van der Waals surface area contributed by atoms with Gasteiger partial charge in [0.15, 0.2) is 18.1 Å². The average Bonchev–Trinajstić information content (AvgIpc) is 2.86. The van der Waals surface area contributed by atoms with Gasteiger partial charge >= 0.3 is 0 Å². The van der Waals surface area contributed by atoms with Crippen molar-refractivity contribution in [3.63, 3.8) is 0 Å². The predicted molar refractivity (Wildman–Crippen MR) is 126 cm³/mol. The lowest BCUT2D eigenvalue weighted by Crippen LogP contribution is -2.38. The molecular weight excluding hydrogens is 420 g/mol. The number of nitrogens with one attached hydrogen (secondary N) is 1. The van der Waals surface area contributed by atoms with Crippen molar-refractivity contribution in [1.82, 2.24) is 10.2 Å². The van der Waals surface area contributed by atoms with Crippen LogP contribution in [0.1, 0.15) is 54.6 Å².